The zero-order valence-electron chi connectivity index (χ0n) is 14.6. The van der Waals surface area contributed by atoms with E-state index in [2.05, 4.69) is 5.32 Å². The summed E-state index contributed by atoms with van der Waals surface area (Å²) in [6, 6.07) is 4.18. The molecule has 0 atom stereocenters. The van der Waals surface area contributed by atoms with Crippen LogP contribution >= 0.6 is 0 Å². The molecule has 0 heterocycles. The molecule has 0 aliphatic heterocycles. The van der Waals surface area contributed by atoms with Crippen LogP contribution in [0.1, 0.15) is 44.0 Å². The third kappa shape index (κ3) is 7.11. The largest absolute Gasteiger partial charge is 0.513 e. The standard InChI is InChI=1S/C17H23NO7/c1-4-9-23-16(20)18-12-7-8-14(25-17(21)24-10-5-2)13(11-12)15(19)22-6-3/h7-8,11H,4-6,9-10H2,1-3H3,(H,18,20). The average Bonchev–Trinajstić information content (AvgIpc) is 2.59. The number of carbonyl (C=O) groups excluding carboxylic acids is 3. The van der Waals surface area contributed by atoms with E-state index in [1.54, 1.807) is 6.92 Å². The Morgan fingerprint density at radius 2 is 1.64 bits per heavy atom. The van der Waals surface area contributed by atoms with E-state index < -0.39 is 18.2 Å². The summed E-state index contributed by atoms with van der Waals surface area (Å²) >= 11 is 0. The number of amides is 1. The number of ether oxygens (including phenoxy) is 4. The number of benzene rings is 1. The van der Waals surface area contributed by atoms with E-state index in [9.17, 15) is 14.4 Å². The Kier molecular flexibility index (Phi) is 8.84. The first kappa shape index (κ1) is 20.3. The molecule has 1 amide bonds. The minimum absolute atomic E-state index is 0.0106. The Labute approximate surface area is 146 Å². The molecule has 1 aromatic carbocycles. The van der Waals surface area contributed by atoms with Crippen LogP contribution < -0.4 is 10.1 Å². The molecule has 0 aliphatic carbocycles. The van der Waals surface area contributed by atoms with Crippen LogP contribution in [0.5, 0.6) is 5.75 Å². The molecular weight excluding hydrogens is 330 g/mol. The van der Waals surface area contributed by atoms with Crippen molar-refractivity contribution in [1.82, 2.24) is 0 Å². The van der Waals surface area contributed by atoms with Crippen molar-refractivity contribution < 1.29 is 33.3 Å². The van der Waals surface area contributed by atoms with Gasteiger partial charge in [0.05, 0.1) is 19.8 Å². The van der Waals surface area contributed by atoms with Crippen LogP contribution in [0.15, 0.2) is 18.2 Å². The molecule has 25 heavy (non-hydrogen) atoms. The van der Waals surface area contributed by atoms with Crippen molar-refractivity contribution in [3.63, 3.8) is 0 Å². The monoisotopic (exact) mass is 353 g/mol. The van der Waals surface area contributed by atoms with Gasteiger partial charge in [0.15, 0.2) is 0 Å². The van der Waals surface area contributed by atoms with Gasteiger partial charge in [0.25, 0.3) is 0 Å². The van der Waals surface area contributed by atoms with Gasteiger partial charge in [-0.15, -0.1) is 0 Å². The van der Waals surface area contributed by atoms with E-state index in [4.69, 9.17) is 18.9 Å². The molecule has 0 saturated heterocycles. The highest BCUT2D eigenvalue weighted by molar-refractivity contribution is 5.96. The van der Waals surface area contributed by atoms with Gasteiger partial charge < -0.3 is 18.9 Å². The molecule has 0 unspecified atom stereocenters. The second-order valence-corrected chi connectivity index (χ2v) is 4.89. The van der Waals surface area contributed by atoms with Gasteiger partial charge in [0.2, 0.25) is 0 Å². The first-order chi connectivity index (χ1) is 12.0. The van der Waals surface area contributed by atoms with Gasteiger partial charge in [0.1, 0.15) is 11.3 Å². The molecule has 1 rings (SSSR count). The van der Waals surface area contributed by atoms with Crippen LogP contribution in [0.4, 0.5) is 15.3 Å². The summed E-state index contributed by atoms with van der Waals surface area (Å²) in [5.74, 6) is -0.710. The number of nitrogens with one attached hydrogen (secondary N) is 1. The summed E-state index contributed by atoms with van der Waals surface area (Å²) in [5.41, 5.74) is 0.294. The van der Waals surface area contributed by atoms with Crippen LogP contribution in [0.25, 0.3) is 0 Å². The molecule has 0 aromatic heterocycles. The van der Waals surface area contributed by atoms with Gasteiger partial charge in [-0.05, 0) is 38.0 Å². The highest BCUT2D eigenvalue weighted by Gasteiger charge is 2.19. The normalized spacial score (nSPS) is 9.88. The molecule has 138 valence electrons. The smallest absolute Gasteiger partial charge is 0.462 e. The van der Waals surface area contributed by atoms with E-state index in [0.717, 1.165) is 0 Å². The van der Waals surface area contributed by atoms with E-state index >= 15 is 0 Å². The Balaban J connectivity index is 2.94. The minimum Gasteiger partial charge on any atom is -0.462 e. The fourth-order valence-corrected chi connectivity index (χ4v) is 1.72. The van der Waals surface area contributed by atoms with Gasteiger partial charge in [-0.25, -0.2) is 14.4 Å². The van der Waals surface area contributed by atoms with Crippen LogP contribution in [0.3, 0.4) is 0 Å². The second-order valence-electron chi connectivity index (χ2n) is 4.89. The molecule has 0 radical (unpaired) electrons. The molecule has 0 fully saturated rings. The highest BCUT2D eigenvalue weighted by atomic mass is 16.7. The molecule has 1 N–H and O–H groups in total. The first-order valence-corrected chi connectivity index (χ1v) is 8.11. The van der Waals surface area contributed by atoms with Crippen molar-refractivity contribution in [3.05, 3.63) is 23.8 Å². The highest BCUT2D eigenvalue weighted by Crippen LogP contribution is 2.24. The molecule has 8 nitrogen and oxygen atoms in total. The molecule has 0 bridgehead atoms. The maximum atomic E-state index is 12.1. The maximum Gasteiger partial charge on any atom is 0.513 e. The van der Waals surface area contributed by atoms with Crippen LogP contribution in [-0.2, 0) is 14.2 Å². The predicted octanol–water partition coefficient (Wildman–Crippen LogP) is 3.75. The van der Waals surface area contributed by atoms with Crippen molar-refractivity contribution in [2.45, 2.75) is 33.6 Å². The molecule has 1 aromatic rings. The molecule has 0 aliphatic rings. The van der Waals surface area contributed by atoms with E-state index in [1.807, 2.05) is 13.8 Å². The third-order valence-electron chi connectivity index (χ3n) is 2.78. The number of hydrogen-bond acceptors (Lipinski definition) is 7. The van der Waals surface area contributed by atoms with Crippen LogP contribution in [0, 0.1) is 0 Å². The Morgan fingerprint density at radius 1 is 0.960 bits per heavy atom. The quantitative estimate of drug-likeness (QED) is 0.431. The number of anilines is 1. The van der Waals surface area contributed by atoms with Gasteiger partial charge in [-0.2, -0.15) is 0 Å². The molecule has 0 spiro atoms. The summed E-state index contributed by atoms with van der Waals surface area (Å²) in [7, 11) is 0. The van der Waals surface area contributed by atoms with E-state index in [1.165, 1.54) is 18.2 Å². The van der Waals surface area contributed by atoms with Crippen molar-refractivity contribution in [3.8, 4) is 5.75 Å². The van der Waals surface area contributed by atoms with Gasteiger partial charge >= 0.3 is 18.2 Å². The maximum absolute atomic E-state index is 12.1. The van der Waals surface area contributed by atoms with Gasteiger partial charge in [-0.1, -0.05) is 13.8 Å². The predicted molar refractivity (Wildman–Crippen MR) is 89.9 cm³/mol. The SMILES string of the molecule is CCCOC(=O)Nc1ccc(OC(=O)OCCC)c(C(=O)OCC)c1. The molecular formula is C17H23NO7. The lowest BCUT2D eigenvalue weighted by atomic mass is 10.1. The Hall–Kier alpha value is -2.77. The average molecular weight is 353 g/mol. The summed E-state index contributed by atoms with van der Waals surface area (Å²) in [6.45, 7) is 6.00. The first-order valence-electron chi connectivity index (χ1n) is 8.11. The van der Waals surface area contributed by atoms with Crippen LogP contribution in [0.2, 0.25) is 0 Å². The summed E-state index contributed by atoms with van der Waals surface area (Å²) in [5, 5.41) is 2.49. The molecule has 8 heteroatoms. The van der Waals surface area contributed by atoms with E-state index in [0.29, 0.717) is 18.5 Å². The lowest BCUT2D eigenvalue weighted by Gasteiger charge is -2.12. The Morgan fingerprint density at radius 3 is 2.28 bits per heavy atom. The summed E-state index contributed by atoms with van der Waals surface area (Å²) in [6.07, 6.45) is -0.236. The summed E-state index contributed by atoms with van der Waals surface area (Å²) < 4.78 is 19.7. The number of hydrogen-bond donors (Lipinski definition) is 1. The van der Waals surface area contributed by atoms with E-state index in [-0.39, 0.29) is 31.1 Å². The minimum atomic E-state index is -0.921. The fourth-order valence-electron chi connectivity index (χ4n) is 1.72. The number of rotatable bonds is 8. The lowest BCUT2D eigenvalue weighted by Crippen LogP contribution is -2.17. The van der Waals surface area contributed by atoms with Crippen molar-refractivity contribution in [1.29, 1.82) is 0 Å². The third-order valence-corrected chi connectivity index (χ3v) is 2.78. The zero-order valence-corrected chi connectivity index (χ0v) is 14.6. The zero-order chi connectivity index (χ0) is 18.7. The molecule has 0 saturated carbocycles. The second kappa shape index (κ2) is 10.9. The van der Waals surface area contributed by atoms with Crippen LogP contribution in [-0.4, -0.2) is 38.0 Å². The van der Waals surface area contributed by atoms with Crippen molar-refractivity contribution in [2.75, 3.05) is 25.1 Å². The van der Waals surface area contributed by atoms with Crippen molar-refractivity contribution in [2.24, 2.45) is 0 Å². The Bertz CT molecular complexity index is 601. The number of carbonyl (C=O) groups is 3. The van der Waals surface area contributed by atoms with Gasteiger partial charge in [-0.3, -0.25) is 5.32 Å². The van der Waals surface area contributed by atoms with Gasteiger partial charge in [0, 0.05) is 5.69 Å². The number of esters is 1. The van der Waals surface area contributed by atoms with Crippen molar-refractivity contribution >= 4 is 23.9 Å². The summed E-state index contributed by atoms with van der Waals surface area (Å²) in [4.78, 5) is 35.3. The fraction of sp³-hybridized carbons (Fsp3) is 0.471. The topological polar surface area (TPSA) is 100 Å². The lowest BCUT2D eigenvalue weighted by molar-refractivity contribution is 0.0520.